The predicted molar refractivity (Wildman–Crippen MR) is 77.9 cm³/mol. The summed E-state index contributed by atoms with van der Waals surface area (Å²) in [6, 6.07) is 8.06. The van der Waals surface area contributed by atoms with Gasteiger partial charge in [0.25, 0.3) is 0 Å². The standard InChI is InChI=1S/C16H23NO3/c1-2-13-4-3-5-15(12-13)20-11-8-17-16(18)14-6-9-19-10-7-14/h3-5,12,14H,2,6-11H2,1H3,(H,17,18). The van der Waals surface area contributed by atoms with E-state index in [0.29, 0.717) is 26.4 Å². The number of ether oxygens (including phenoxy) is 2. The molecule has 1 saturated heterocycles. The van der Waals surface area contributed by atoms with Gasteiger partial charge in [-0.05, 0) is 37.0 Å². The van der Waals surface area contributed by atoms with Crippen molar-refractivity contribution in [3.8, 4) is 5.75 Å². The Morgan fingerprint density at radius 1 is 1.40 bits per heavy atom. The van der Waals surface area contributed by atoms with Gasteiger partial charge in [0.1, 0.15) is 12.4 Å². The molecule has 1 aromatic rings. The van der Waals surface area contributed by atoms with Crippen molar-refractivity contribution in [3.05, 3.63) is 29.8 Å². The molecule has 1 aliphatic heterocycles. The fraction of sp³-hybridized carbons (Fsp3) is 0.562. The van der Waals surface area contributed by atoms with Crippen LogP contribution >= 0.6 is 0 Å². The molecule has 0 aliphatic carbocycles. The number of carbonyl (C=O) groups excluding carboxylic acids is 1. The van der Waals surface area contributed by atoms with Crippen LogP contribution in [0, 0.1) is 5.92 Å². The average molecular weight is 277 g/mol. The molecule has 0 aromatic heterocycles. The summed E-state index contributed by atoms with van der Waals surface area (Å²) in [7, 11) is 0. The van der Waals surface area contributed by atoms with Crippen molar-refractivity contribution in [3.63, 3.8) is 0 Å². The van der Waals surface area contributed by atoms with Crippen molar-refractivity contribution in [2.45, 2.75) is 26.2 Å². The van der Waals surface area contributed by atoms with Gasteiger partial charge in [-0.2, -0.15) is 0 Å². The van der Waals surface area contributed by atoms with E-state index < -0.39 is 0 Å². The van der Waals surface area contributed by atoms with Crippen LogP contribution < -0.4 is 10.1 Å². The third-order valence-electron chi connectivity index (χ3n) is 3.57. The number of carbonyl (C=O) groups is 1. The molecule has 0 bridgehead atoms. The van der Waals surface area contributed by atoms with Gasteiger partial charge in [0.2, 0.25) is 5.91 Å². The van der Waals surface area contributed by atoms with E-state index in [0.717, 1.165) is 25.0 Å². The number of hydrogen-bond acceptors (Lipinski definition) is 3. The van der Waals surface area contributed by atoms with E-state index in [-0.39, 0.29) is 11.8 Å². The lowest BCUT2D eigenvalue weighted by molar-refractivity contribution is -0.127. The van der Waals surface area contributed by atoms with Crippen LogP contribution in [0.4, 0.5) is 0 Å². The van der Waals surface area contributed by atoms with Crippen LogP contribution in [0.1, 0.15) is 25.3 Å². The molecule has 1 aliphatic rings. The van der Waals surface area contributed by atoms with Crippen LogP contribution in [-0.2, 0) is 16.0 Å². The number of nitrogens with one attached hydrogen (secondary N) is 1. The lowest BCUT2D eigenvalue weighted by atomic mass is 9.99. The first-order chi connectivity index (χ1) is 9.79. The first kappa shape index (κ1) is 14.9. The van der Waals surface area contributed by atoms with Gasteiger partial charge in [-0.15, -0.1) is 0 Å². The van der Waals surface area contributed by atoms with E-state index in [1.807, 2.05) is 18.2 Å². The molecule has 1 amide bonds. The monoisotopic (exact) mass is 277 g/mol. The van der Waals surface area contributed by atoms with Crippen LogP contribution in [0.25, 0.3) is 0 Å². The molecule has 0 unspecified atom stereocenters. The Bertz CT molecular complexity index is 427. The molecular formula is C16H23NO3. The number of hydrogen-bond donors (Lipinski definition) is 1. The van der Waals surface area contributed by atoms with Crippen molar-refractivity contribution < 1.29 is 14.3 Å². The van der Waals surface area contributed by atoms with Crippen molar-refractivity contribution in [2.24, 2.45) is 5.92 Å². The first-order valence-corrected chi connectivity index (χ1v) is 7.37. The van der Waals surface area contributed by atoms with Gasteiger partial charge in [0.05, 0.1) is 6.54 Å². The normalized spacial score (nSPS) is 15.8. The summed E-state index contributed by atoms with van der Waals surface area (Å²) < 4.78 is 10.9. The zero-order chi connectivity index (χ0) is 14.2. The Hall–Kier alpha value is -1.55. The molecule has 1 fully saturated rings. The van der Waals surface area contributed by atoms with E-state index in [1.165, 1.54) is 5.56 Å². The minimum absolute atomic E-state index is 0.104. The van der Waals surface area contributed by atoms with E-state index in [1.54, 1.807) is 0 Å². The van der Waals surface area contributed by atoms with Crippen molar-refractivity contribution in [1.29, 1.82) is 0 Å². The maximum absolute atomic E-state index is 11.9. The Labute approximate surface area is 120 Å². The lowest BCUT2D eigenvalue weighted by Crippen LogP contribution is -2.36. The van der Waals surface area contributed by atoms with E-state index in [2.05, 4.69) is 18.3 Å². The number of aryl methyl sites for hydroxylation is 1. The predicted octanol–water partition coefficient (Wildman–Crippen LogP) is 2.17. The van der Waals surface area contributed by atoms with Crippen molar-refractivity contribution >= 4 is 5.91 Å². The molecule has 0 spiro atoms. The molecule has 0 radical (unpaired) electrons. The highest BCUT2D eigenvalue weighted by molar-refractivity contribution is 5.78. The maximum Gasteiger partial charge on any atom is 0.223 e. The highest BCUT2D eigenvalue weighted by Crippen LogP contribution is 2.15. The molecule has 110 valence electrons. The van der Waals surface area contributed by atoms with Gasteiger partial charge in [0.15, 0.2) is 0 Å². The Morgan fingerprint density at radius 2 is 2.20 bits per heavy atom. The molecular weight excluding hydrogens is 254 g/mol. The molecule has 1 aromatic carbocycles. The summed E-state index contributed by atoms with van der Waals surface area (Å²) in [6.07, 6.45) is 2.65. The summed E-state index contributed by atoms with van der Waals surface area (Å²) in [5.74, 6) is 1.09. The summed E-state index contributed by atoms with van der Waals surface area (Å²) in [6.45, 7) is 4.55. The van der Waals surface area contributed by atoms with Gasteiger partial charge >= 0.3 is 0 Å². The Morgan fingerprint density at radius 3 is 2.95 bits per heavy atom. The SMILES string of the molecule is CCc1cccc(OCCNC(=O)C2CCOCC2)c1. The summed E-state index contributed by atoms with van der Waals surface area (Å²) in [4.78, 5) is 11.9. The lowest BCUT2D eigenvalue weighted by Gasteiger charge is -2.21. The molecule has 20 heavy (non-hydrogen) atoms. The Kier molecular flexibility index (Phi) is 5.87. The fourth-order valence-electron chi connectivity index (χ4n) is 2.30. The topological polar surface area (TPSA) is 47.6 Å². The number of amides is 1. The zero-order valence-corrected chi connectivity index (χ0v) is 12.1. The molecule has 1 heterocycles. The fourth-order valence-corrected chi connectivity index (χ4v) is 2.30. The minimum Gasteiger partial charge on any atom is -0.492 e. The highest BCUT2D eigenvalue weighted by atomic mass is 16.5. The number of rotatable bonds is 6. The molecule has 4 heteroatoms. The second kappa shape index (κ2) is 7.90. The second-order valence-corrected chi connectivity index (χ2v) is 5.03. The summed E-state index contributed by atoms with van der Waals surface area (Å²) in [5, 5.41) is 2.93. The van der Waals surface area contributed by atoms with Gasteiger partial charge in [-0.25, -0.2) is 0 Å². The Balaban J connectivity index is 1.66. The van der Waals surface area contributed by atoms with Crippen molar-refractivity contribution in [2.75, 3.05) is 26.4 Å². The second-order valence-electron chi connectivity index (χ2n) is 5.03. The third-order valence-corrected chi connectivity index (χ3v) is 3.57. The molecule has 2 rings (SSSR count). The largest absolute Gasteiger partial charge is 0.492 e. The molecule has 1 N–H and O–H groups in total. The van der Waals surface area contributed by atoms with Crippen molar-refractivity contribution in [1.82, 2.24) is 5.32 Å². The molecule has 0 saturated carbocycles. The smallest absolute Gasteiger partial charge is 0.223 e. The summed E-state index contributed by atoms with van der Waals surface area (Å²) >= 11 is 0. The van der Waals surface area contributed by atoms with Gasteiger partial charge in [-0.1, -0.05) is 19.1 Å². The van der Waals surface area contributed by atoms with Crippen LogP contribution in [0.2, 0.25) is 0 Å². The quantitative estimate of drug-likeness (QED) is 0.811. The van der Waals surface area contributed by atoms with E-state index in [4.69, 9.17) is 9.47 Å². The van der Waals surface area contributed by atoms with Gasteiger partial charge in [0, 0.05) is 19.1 Å². The van der Waals surface area contributed by atoms with Gasteiger partial charge in [-0.3, -0.25) is 4.79 Å². The maximum atomic E-state index is 11.9. The number of benzene rings is 1. The average Bonchev–Trinajstić information content (AvgIpc) is 2.52. The van der Waals surface area contributed by atoms with Crippen LogP contribution in [0.15, 0.2) is 24.3 Å². The van der Waals surface area contributed by atoms with E-state index in [9.17, 15) is 4.79 Å². The minimum atomic E-state index is 0.104. The summed E-state index contributed by atoms with van der Waals surface area (Å²) in [5.41, 5.74) is 1.26. The zero-order valence-electron chi connectivity index (χ0n) is 12.1. The molecule has 0 atom stereocenters. The van der Waals surface area contributed by atoms with Crippen LogP contribution in [0.3, 0.4) is 0 Å². The third kappa shape index (κ3) is 4.53. The van der Waals surface area contributed by atoms with Crippen LogP contribution in [-0.4, -0.2) is 32.3 Å². The van der Waals surface area contributed by atoms with Gasteiger partial charge < -0.3 is 14.8 Å². The first-order valence-electron chi connectivity index (χ1n) is 7.37. The highest BCUT2D eigenvalue weighted by Gasteiger charge is 2.20. The van der Waals surface area contributed by atoms with Crippen LogP contribution in [0.5, 0.6) is 5.75 Å². The van der Waals surface area contributed by atoms with E-state index >= 15 is 0 Å². The molecule has 4 nitrogen and oxygen atoms in total.